The molecule has 1 aliphatic heterocycles. The van der Waals surface area contributed by atoms with E-state index in [0.717, 1.165) is 43.7 Å². The number of hydrogen-bond acceptors (Lipinski definition) is 3. The first-order valence-electron chi connectivity index (χ1n) is 11.3. The van der Waals surface area contributed by atoms with Crippen molar-refractivity contribution < 1.29 is 9.59 Å². The molecule has 0 atom stereocenters. The highest BCUT2D eigenvalue weighted by atomic mass is 16.2. The molecule has 31 heavy (non-hydrogen) atoms. The topological polar surface area (TPSA) is 73.5 Å². The lowest BCUT2D eigenvalue weighted by atomic mass is 10.0. The number of carbonyl (C=O) groups is 2. The van der Waals surface area contributed by atoms with Crippen molar-refractivity contribution in [2.45, 2.75) is 52.4 Å². The van der Waals surface area contributed by atoms with E-state index in [-0.39, 0.29) is 11.9 Å². The van der Waals surface area contributed by atoms with Gasteiger partial charge >= 0.3 is 6.03 Å². The third kappa shape index (κ3) is 6.23. The smallest absolute Gasteiger partial charge is 0.323 e. The van der Waals surface area contributed by atoms with Crippen molar-refractivity contribution in [1.29, 1.82) is 0 Å². The maximum atomic E-state index is 12.8. The molecule has 0 radical (unpaired) electrons. The predicted octanol–water partition coefficient (Wildman–Crippen LogP) is 5.58. The summed E-state index contributed by atoms with van der Waals surface area (Å²) in [7, 11) is 0. The van der Waals surface area contributed by atoms with E-state index in [1.807, 2.05) is 43.3 Å². The van der Waals surface area contributed by atoms with Crippen LogP contribution in [0.5, 0.6) is 0 Å². The highest BCUT2D eigenvalue weighted by Gasteiger charge is 2.19. The van der Waals surface area contributed by atoms with Crippen molar-refractivity contribution in [2.24, 2.45) is 0 Å². The second-order valence-corrected chi connectivity index (χ2v) is 8.39. The lowest BCUT2D eigenvalue weighted by molar-refractivity contribution is 0.0954. The lowest BCUT2D eigenvalue weighted by Gasteiger charge is -2.30. The van der Waals surface area contributed by atoms with Crippen molar-refractivity contribution in [3.8, 4) is 0 Å². The Morgan fingerprint density at radius 3 is 2.23 bits per heavy atom. The normalized spacial score (nSPS) is 13.7. The van der Waals surface area contributed by atoms with Crippen LogP contribution in [0.2, 0.25) is 0 Å². The fourth-order valence-electron chi connectivity index (χ4n) is 3.78. The molecular weight excluding hydrogens is 388 g/mol. The van der Waals surface area contributed by atoms with Crippen molar-refractivity contribution >= 4 is 29.0 Å². The van der Waals surface area contributed by atoms with Crippen LogP contribution in [0.15, 0.2) is 42.5 Å². The number of benzene rings is 2. The fourth-order valence-corrected chi connectivity index (χ4v) is 3.78. The van der Waals surface area contributed by atoms with E-state index in [2.05, 4.69) is 34.7 Å². The Hall–Kier alpha value is -3.02. The molecule has 166 valence electrons. The molecule has 6 heteroatoms. The fraction of sp³-hybridized carbons (Fsp3) is 0.440. The first-order chi connectivity index (χ1) is 15.0. The Kier molecular flexibility index (Phi) is 7.93. The average Bonchev–Trinajstić information content (AvgIpc) is 2.78. The van der Waals surface area contributed by atoms with Crippen LogP contribution in [-0.2, 0) is 0 Å². The van der Waals surface area contributed by atoms with Gasteiger partial charge in [0.25, 0.3) is 5.91 Å². The van der Waals surface area contributed by atoms with Gasteiger partial charge in [-0.2, -0.15) is 0 Å². The number of amides is 3. The number of hydrogen-bond donors (Lipinski definition) is 3. The van der Waals surface area contributed by atoms with Crippen molar-refractivity contribution in [3.63, 3.8) is 0 Å². The van der Waals surface area contributed by atoms with E-state index < -0.39 is 0 Å². The second-order valence-electron chi connectivity index (χ2n) is 8.39. The van der Waals surface area contributed by atoms with Crippen LogP contribution in [0.3, 0.4) is 0 Å². The predicted molar refractivity (Wildman–Crippen MR) is 128 cm³/mol. The Bertz CT molecular complexity index is 887. The van der Waals surface area contributed by atoms with E-state index in [4.69, 9.17) is 0 Å². The van der Waals surface area contributed by atoms with Gasteiger partial charge in [0.1, 0.15) is 0 Å². The van der Waals surface area contributed by atoms with E-state index in [1.165, 1.54) is 12.0 Å². The van der Waals surface area contributed by atoms with E-state index >= 15 is 0 Å². The van der Waals surface area contributed by atoms with Gasteiger partial charge in [0.2, 0.25) is 0 Å². The molecule has 0 saturated carbocycles. The summed E-state index contributed by atoms with van der Waals surface area (Å²) in [5, 5.41) is 8.69. The molecular formula is C25H34N4O2. The van der Waals surface area contributed by atoms with Crippen LogP contribution in [0.25, 0.3) is 0 Å². The van der Waals surface area contributed by atoms with Crippen molar-refractivity contribution in [2.75, 3.05) is 35.2 Å². The maximum absolute atomic E-state index is 12.8. The summed E-state index contributed by atoms with van der Waals surface area (Å²) in [5.41, 5.74) is 4.09. The minimum absolute atomic E-state index is 0.101. The Morgan fingerprint density at radius 1 is 0.935 bits per heavy atom. The SMILES string of the molecule is CCCNC(=O)c1cc(NC(=O)Nc2ccc(C(C)C)cc2)ccc1N1CCCCC1. The molecule has 0 spiro atoms. The number of nitrogens with zero attached hydrogens (tertiary/aromatic N) is 1. The molecule has 0 bridgehead atoms. The highest BCUT2D eigenvalue weighted by Crippen LogP contribution is 2.27. The van der Waals surface area contributed by atoms with E-state index in [0.29, 0.717) is 23.7 Å². The Balaban J connectivity index is 1.74. The molecule has 0 aromatic heterocycles. The van der Waals surface area contributed by atoms with Gasteiger partial charge in [0.15, 0.2) is 0 Å². The first-order valence-corrected chi connectivity index (χ1v) is 11.3. The summed E-state index contributed by atoms with van der Waals surface area (Å²) in [6.45, 7) is 8.83. The van der Waals surface area contributed by atoms with Crippen LogP contribution in [0.1, 0.15) is 68.3 Å². The Labute approximate surface area is 185 Å². The van der Waals surface area contributed by atoms with Gasteiger partial charge in [-0.3, -0.25) is 4.79 Å². The third-order valence-electron chi connectivity index (χ3n) is 5.57. The summed E-state index contributed by atoms with van der Waals surface area (Å²) < 4.78 is 0. The molecule has 0 aliphatic carbocycles. The van der Waals surface area contributed by atoms with E-state index in [1.54, 1.807) is 6.07 Å². The maximum Gasteiger partial charge on any atom is 0.323 e. The number of piperidine rings is 1. The number of urea groups is 1. The zero-order valence-corrected chi connectivity index (χ0v) is 18.8. The molecule has 1 heterocycles. The summed E-state index contributed by atoms with van der Waals surface area (Å²) in [5.74, 6) is 0.342. The lowest BCUT2D eigenvalue weighted by Crippen LogP contribution is -2.33. The summed E-state index contributed by atoms with van der Waals surface area (Å²) >= 11 is 0. The van der Waals surface area contributed by atoms with Gasteiger partial charge in [0.05, 0.1) is 5.56 Å². The molecule has 3 amide bonds. The molecule has 2 aromatic rings. The van der Waals surface area contributed by atoms with Crippen LogP contribution in [-0.4, -0.2) is 31.6 Å². The largest absolute Gasteiger partial charge is 0.371 e. The molecule has 6 nitrogen and oxygen atoms in total. The third-order valence-corrected chi connectivity index (χ3v) is 5.57. The van der Waals surface area contributed by atoms with Gasteiger partial charge in [0, 0.05) is 36.7 Å². The minimum atomic E-state index is -0.331. The van der Waals surface area contributed by atoms with Gasteiger partial charge in [-0.05, 0) is 67.5 Å². The molecule has 2 aromatic carbocycles. The summed E-state index contributed by atoms with van der Waals surface area (Å²) in [4.78, 5) is 27.6. The summed E-state index contributed by atoms with van der Waals surface area (Å²) in [6.07, 6.45) is 4.37. The van der Waals surface area contributed by atoms with Crippen LogP contribution in [0, 0.1) is 0 Å². The highest BCUT2D eigenvalue weighted by molar-refractivity contribution is 6.04. The molecule has 1 aliphatic rings. The molecule has 1 saturated heterocycles. The number of carbonyl (C=O) groups excluding carboxylic acids is 2. The molecule has 1 fully saturated rings. The van der Waals surface area contributed by atoms with Crippen LogP contribution < -0.4 is 20.9 Å². The van der Waals surface area contributed by atoms with Crippen molar-refractivity contribution in [3.05, 3.63) is 53.6 Å². The zero-order chi connectivity index (χ0) is 22.2. The number of rotatable bonds is 7. The zero-order valence-electron chi connectivity index (χ0n) is 18.8. The molecule has 0 unspecified atom stereocenters. The number of anilines is 3. The average molecular weight is 423 g/mol. The number of nitrogens with one attached hydrogen (secondary N) is 3. The monoisotopic (exact) mass is 422 g/mol. The molecule has 3 rings (SSSR count). The minimum Gasteiger partial charge on any atom is -0.371 e. The van der Waals surface area contributed by atoms with Crippen LogP contribution in [0.4, 0.5) is 21.9 Å². The quantitative estimate of drug-likeness (QED) is 0.545. The summed E-state index contributed by atoms with van der Waals surface area (Å²) in [6, 6.07) is 13.1. The standard InChI is InChI=1S/C25H34N4O2/c1-4-14-26-24(30)22-17-21(12-13-23(22)29-15-6-5-7-16-29)28-25(31)27-20-10-8-19(9-11-20)18(2)3/h8-13,17-18H,4-7,14-16H2,1-3H3,(H,26,30)(H2,27,28,31). The van der Waals surface area contributed by atoms with Gasteiger partial charge in [-0.15, -0.1) is 0 Å². The van der Waals surface area contributed by atoms with Gasteiger partial charge < -0.3 is 20.9 Å². The Morgan fingerprint density at radius 2 is 1.58 bits per heavy atom. The van der Waals surface area contributed by atoms with Crippen LogP contribution >= 0.6 is 0 Å². The van der Waals surface area contributed by atoms with Crippen molar-refractivity contribution in [1.82, 2.24) is 5.32 Å². The second kappa shape index (κ2) is 10.8. The van der Waals surface area contributed by atoms with E-state index in [9.17, 15) is 9.59 Å². The first kappa shape index (κ1) is 22.7. The molecule has 3 N–H and O–H groups in total. The van der Waals surface area contributed by atoms with Gasteiger partial charge in [-0.25, -0.2) is 4.79 Å². The van der Waals surface area contributed by atoms with Gasteiger partial charge in [-0.1, -0.05) is 32.9 Å².